The van der Waals surface area contributed by atoms with Gasteiger partial charge in [0.05, 0.1) is 7.11 Å². The number of methoxy groups -OCH3 is 1. The number of hydrogen-bond donors (Lipinski definition) is 2. The van der Waals surface area contributed by atoms with E-state index in [0.29, 0.717) is 41.4 Å². The number of hydrogen-bond acceptors (Lipinski definition) is 6. The van der Waals surface area contributed by atoms with Crippen molar-refractivity contribution < 1.29 is 19.1 Å². The van der Waals surface area contributed by atoms with Crippen LogP contribution in [0, 0.1) is 0 Å². The van der Waals surface area contributed by atoms with Crippen molar-refractivity contribution in [3.63, 3.8) is 0 Å². The highest BCUT2D eigenvalue weighted by Gasteiger charge is 2.22. The quantitative estimate of drug-likeness (QED) is 0.128. The summed E-state index contributed by atoms with van der Waals surface area (Å²) in [6.07, 6.45) is 0.372. The van der Waals surface area contributed by atoms with Crippen LogP contribution in [0.15, 0.2) is 103 Å². The van der Waals surface area contributed by atoms with Gasteiger partial charge in [-0.3, -0.25) is 4.79 Å². The lowest BCUT2D eigenvalue weighted by atomic mass is 10.00. The topological polar surface area (TPSA) is 76.7 Å². The van der Waals surface area contributed by atoms with Crippen LogP contribution in [0.3, 0.4) is 0 Å². The van der Waals surface area contributed by atoms with Crippen LogP contribution in [0.25, 0.3) is 0 Å². The van der Waals surface area contributed by atoms with E-state index in [1.165, 1.54) is 7.11 Å². The average molecular weight is 529 g/mol. The first-order valence-corrected chi connectivity index (χ1v) is 12.7. The van der Waals surface area contributed by atoms with Crippen LogP contribution in [0.4, 0.5) is 11.4 Å². The number of ether oxygens (including phenoxy) is 2. The van der Waals surface area contributed by atoms with Gasteiger partial charge in [-0.15, -0.1) is 0 Å². The zero-order valence-corrected chi connectivity index (χ0v) is 21.8. The number of carbonyl (C=O) groups excluding carboxylic acids is 2. The normalized spacial score (nSPS) is 11.3. The molecule has 1 atom stereocenters. The smallest absolute Gasteiger partial charge is 0.328 e. The van der Waals surface area contributed by atoms with Gasteiger partial charge >= 0.3 is 5.97 Å². The number of benzene rings is 4. The summed E-state index contributed by atoms with van der Waals surface area (Å²) in [6.45, 7) is 1.10. The highest BCUT2D eigenvalue weighted by atomic mass is 35.5. The predicted molar refractivity (Wildman–Crippen MR) is 151 cm³/mol. The van der Waals surface area contributed by atoms with Gasteiger partial charge < -0.3 is 20.1 Å². The maximum atomic E-state index is 13.1. The van der Waals surface area contributed by atoms with Crippen LogP contribution in [-0.4, -0.2) is 38.1 Å². The predicted octanol–water partition coefficient (Wildman–Crippen LogP) is 6.26. The molecule has 0 radical (unpaired) electrons. The molecular weight excluding hydrogens is 500 g/mol. The van der Waals surface area contributed by atoms with E-state index in [2.05, 4.69) is 10.6 Å². The Morgan fingerprint density at radius 2 is 1.61 bits per heavy atom. The molecule has 0 aliphatic rings. The fraction of sp³-hybridized carbons (Fsp3) is 0.161. The average Bonchev–Trinajstić information content (AvgIpc) is 2.96. The number of nitrogens with one attached hydrogen (secondary N) is 2. The van der Waals surface area contributed by atoms with E-state index < -0.39 is 12.0 Å². The highest BCUT2D eigenvalue weighted by molar-refractivity contribution is 6.30. The Bertz CT molecular complexity index is 1360. The van der Waals surface area contributed by atoms with Gasteiger partial charge in [-0.25, -0.2) is 4.79 Å². The van der Waals surface area contributed by atoms with Gasteiger partial charge in [-0.05, 0) is 48.0 Å². The monoisotopic (exact) mass is 528 g/mol. The van der Waals surface area contributed by atoms with Crippen molar-refractivity contribution in [3.05, 3.63) is 125 Å². The third-order valence-corrected chi connectivity index (χ3v) is 6.15. The summed E-state index contributed by atoms with van der Waals surface area (Å²) in [4.78, 5) is 25.7. The third kappa shape index (κ3) is 7.37. The minimum Gasteiger partial charge on any atom is -0.492 e. The van der Waals surface area contributed by atoms with Crippen LogP contribution in [0.2, 0.25) is 5.02 Å². The molecule has 4 aromatic rings. The molecule has 4 rings (SSSR count). The molecule has 0 bridgehead atoms. The molecule has 194 valence electrons. The largest absolute Gasteiger partial charge is 0.492 e. The lowest BCUT2D eigenvalue weighted by Crippen LogP contribution is -2.33. The zero-order chi connectivity index (χ0) is 26.7. The molecule has 0 fully saturated rings. The number of ketones is 1. The van der Waals surface area contributed by atoms with E-state index >= 15 is 0 Å². The molecule has 0 saturated carbocycles. The molecule has 38 heavy (non-hydrogen) atoms. The van der Waals surface area contributed by atoms with E-state index in [1.54, 1.807) is 30.3 Å². The first-order chi connectivity index (χ1) is 18.5. The highest BCUT2D eigenvalue weighted by Crippen LogP contribution is 2.22. The molecule has 7 heteroatoms. The Labute approximate surface area is 227 Å². The summed E-state index contributed by atoms with van der Waals surface area (Å²) >= 11 is 6.01. The minimum atomic E-state index is -0.682. The lowest BCUT2D eigenvalue weighted by molar-refractivity contribution is -0.141. The summed E-state index contributed by atoms with van der Waals surface area (Å²) in [7, 11) is 1.35. The van der Waals surface area contributed by atoms with Crippen LogP contribution < -0.4 is 15.4 Å². The number of anilines is 2. The molecule has 0 spiro atoms. The van der Waals surface area contributed by atoms with Crippen molar-refractivity contribution in [2.24, 2.45) is 0 Å². The van der Waals surface area contributed by atoms with E-state index in [4.69, 9.17) is 21.1 Å². The van der Waals surface area contributed by atoms with Gasteiger partial charge in [0.25, 0.3) is 0 Å². The number of halogens is 1. The maximum absolute atomic E-state index is 13.1. The summed E-state index contributed by atoms with van der Waals surface area (Å²) in [6, 6.07) is 30.6. The Hall–Kier alpha value is -4.29. The van der Waals surface area contributed by atoms with Crippen molar-refractivity contribution in [1.29, 1.82) is 0 Å². The summed E-state index contributed by atoms with van der Waals surface area (Å²) in [5.74, 6) is 0.186. The zero-order valence-electron chi connectivity index (χ0n) is 21.0. The molecular formula is C31H29ClN2O4. The summed E-state index contributed by atoms with van der Waals surface area (Å²) < 4.78 is 10.9. The molecule has 0 saturated heterocycles. The second-order valence-electron chi connectivity index (χ2n) is 8.59. The van der Waals surface area contributed by atoms with Crippen molar-refractivity contribution in [3.8, 4) is 5.75 Å². The van der Waals surface area contributed by atoms with Crippen LogP contribution >= 0.6 is 11.6 Å². The molecule has 2 N–H and O–H groups in total. The second kappa shape index (κ2) is 13.3. The minimum absolute atomic E-state index is 0.122. The van der Waals surface area contributed by atoms with Gasteiger partial charge in [-0.1, -0.05) is 72.3 Å². The standard InChI is InChI=1S/C31H29ClN2O4/c1-37-31(36)29(34-28-13-6-5-12-27(28)30(35)23-8-3-2-4-9-23)20-22-14-16-26(17-15-22)38-19-18-33-25-11-7-10-24(32)21-25/h2-17,21,29,33-34H,18-20H2,1H3. The van der Waals surface area contributed by atoms with Crippen LogP contribution in [0.5, 0.6) is 5.75 Å². The number of esters is 1. The Kier molecular flexibility index (Phi) is 9.37. The first kappa shape index (κ1) is 26.8. The van der Waals surface area contributed by atoms with E-state index in [0.717, 1.165) is 17.0 Å². The van der Waals surface area contributed by atoms with Gasteiger partial charge in [-0.2, -0.15) is 0 Å². The summed E-state index contributed by atoms with van der Waals surface area (Å²) in [5.41, 5.74) is 3.50. The van der Waals surface area contributed by atoms with E-state index in [-0.39, 0.29) is 5.78 Å². The number of carbonyl (C=O) groups is 2. The van der Waals surface area contributed by atoms with Crippen molar-refractivity contribution in [2.75, 3.05) is 30.9 Å². The van der Waals surface area contributed by atoms with Crippen molar-refractivity contribution in [1.82, 2.24) is 0 Å². The SMILES string of the molecule is COC(=O)C(Cc1ccc(OCCNc2cccc(Cl)c2)cc1)Nc1ccccc1C(=O)c1ccccc1. The molecule has 0 amide bonds. The summed E-state index contributed by atoms with van der Waals surface area (Å²) in [5, 5.41) is 7.17. The van der Waals surface area contributed by atoms with Crippen molar-refractivity contribution in [2.45, 2.75) is 12.5 Å². The van der Waals surface area contributed by atoms with Gasteiger partial charge in [0.2, 0.25) is 0 Å². The molecule has 0 aromatic heterocycles. The Balaban J connectivity index is 1.38. The molecule has 0 heterocycles. The second-order valence-corrected chi connectivity index (χ2v) is 9.03. The fourth-order valence-electron chi connectivity index (χ4n) is 4.00. The Morgan fingerprint density at radius 3 is 2.34 bits per heavy atom. The van der Waals surface area contributed by atoms with Gasteiger partial charge in [0.15, 0.2) is 5.78 Å². The van der Waals surface area contributed by atoms with Crippen LogP contribution in [0.1, 0.15) is 21.5 Å². The van der Waals surface area contributed by atoms with E-state index in [1.807, 2.05) is 72.8 Å². The lowest BCUT2D eigenvalue weighted by Gasteiger charge is -2.20. The molecule has 1 unspecified atom stereocenters. The third-order valence-electron chi connectivity index (χ3n) is 5.91. The fourth-order valence-corrected chi connectivity index (χ4v) is 4.19. The van der Waals surface area contributed by atoms with Crippen LogP contribution in [-0.2, 0) is 16.0 Å². The maximum Gasteiger partial charge on any atom is 0.328 e. The van der Waals surface area contributed by atoms with E-state index in [9.17, 15) is 9.59 Å². The number of rotatable bonds is 12. The van der Waals surface area contributed by atoms with Crippen molar-refractivity contribution >= 4 is 34.7 Å². The van der Waals surface area contributed by atoms with Gasteiger partial charge in [0.1, 0.15) is 18.4 Å². The Morgan fingerprint density at radius 1 is 0.868 bits per heavy atom. The molecule has 0 aliphatic heterocycles. The number of para-hydroxylation sites is 1. The molecule has 0 aliphatic carbocycles. The molecule has 6 nitrogen and oxygen atoms in total. The van der Waals surface area contributed by atoms with Gasteiger partial charge in [0, 0.05) is 40.5 Å². The molecule has 4 aromatic carbocycles. The first-order valence-electron chi connectivity index (χ1n) is 12.3.